The van der Waals surface area contributed by atoms with Gasteiger partial charge < -0.3 is 10.1 Å². The molecule has 0 fully saturated rings. The van der Waals surface area contributed by atoms with E-state index in [4.69, 9.17) is 4.74 Å². The molecule has 1 atom stereocenters. The maximum absolute atomic E-state index is 10.8. The van der Waals surface area contributed by atoms with Crippen molar-refractivity contribution in [2.45, 2.75) is 20.0 Å². The lowest BCUT2D eigenvalue weighted by molar-refractivity contribution is -0.119. The lowest BCUT2D eigenvalue weighted by Gasteiger charge is -2.17. The minimum absolute atomic E-state index is 0.0364. The van der Waals surface area contributed by atoms with Gasteiger partial charge in [-0.2, -0.15) is 0 Å². The highest BCUT2D eigenvalue weighted by atomic mass is 16.5. The second kappa shape index (κ2) is 5.51. The highest BCUT2D eigenvalue weighted by Gasteiger charge is 2.12. The first-order valence-electron chi connectivity index (χ1n) is 4.98. The van der Waals surface area contributed by atoms with Gasteiger partial charge in [0, 0.05) is 20.6 Å². The Labute approximate surface area is 90.4 Å². The Balaban J connectivity index is 2.74. The fraction of sp³-hybridized carbons (Fsp3) is 0.417. The third kappa shape index (κ3) is 3.36. The first kappa shape index (κ1) is 11.7. The normalized spacial score (nSPS) is 12.2. The van der Waals surface area contributed by atoms with Crippen LogP contribution in [0.3, 0.4) is 0 Å². The fourth-order valence-corrected chi connectivity index (χ4v) is 1.50. The maximum atomic E-state index is 10.8. The summed E-state index contributed by atoms with van der Waals surface area (Å²) in [6, 6.07) is 8.02. The summed E-state index contributed by atoms with van der Waals surface area (Å²) in [6.45, 7) is 4.05. The van der Waals surface area contributed by atoms with Crippen LogP contribution in [0.15, 0.2) is 24.3 Å². The van der Waals surface area contributed by atoms with Gasteiger partial charge in [-0.05, 0) is 18.1 Å². The molecule has 3 nitrogen and oxygen atoms in total. The molecule has 1 N–H and O–H groups in total. The van der Waals surface area contributed by atoms with Crippen LogP contribution >= 0.6 is 0 Å². The summed E-state index contributed by atoms with van der Waals surface area (Å²) in [5.74, 6) is -0.0364. The molecule has 0 saturated heterocycles. The van der Waals surface area contributed by atoms with Crippen molar-refractivity contribution >= 4 is 5.91 Å². The minimum Gasteiger partial charge on any atom is -0.375 e. The lowest BCUT2D eigenvalue weighted by Crippen LogP contribution is -2.27. The first-order chi connectivity index (χ1) is 7.15. The fourth-order valence-electron chi connectivity index (χ4n) is 1.50. The van der Waals surface area contributed by atoms with Crippen molar-refractivity contribution in [3.05, 3.63) is 35.4 Å². The van der Waals surface area contributed by atoms with E-state index in [0.29, 0.717) is 6.54 Å². The molecule has 3 heteroatoms. The van der Waals surface area contributed by atoms with Gasteiger partial charge in [0.25, 0.3) is 0 Å². The molecule has 1 amide bonds. The third-order valence-electron chi connectivity index (χ3n) is 2.36. The van der Waals surface area contributed by atoms with Gasteiger partial charge >= 0.3 is 0 Å². The van der Waals surface area contributed by atoms with Crippen LogP contribution in [0.1, 0.15) is 24.2 Å². The summed E-state index contributed by atoms with van der Waals surface area (Å²) in [5, 5.41) is 2.76. The molecule has 1 unspecified atom stereocenters. The first-order valence-corrected chi connectivity index (χ1v) is 4.98. The Bertz CT molecular complexity index is 336. The zero-order valence-electron chi connectivity index (χ0n) is 9.41. The van der Waals surface area contributed by atoms with E-state index < -0.39 is 0 Å². The Morgan fingerprint density at radius 3 is 2.67 bits per heavy atom. The van der Waals surface area contributed by atoms with Crippen molar-refractivity contribution in [2.75, 3.05) is 13.7 Å². The highest BCUT2D eigenvalue weighted by molar-refractivity contribution is 5.72. The number of benzene rings is 1. The van der Waals surface area contributed by atoms with Crippen LogP contribution < -0.4 is 5.32 Å². The predicted molar refractivity (Wildman–Crippen MR) is 59.6 cm³/mol. The summed E-state index contributed by atoms with van der Waals surface area (Å²) in [7, 11) is 1.65. The van der Waals surface area contributed by atoms with E-state index in [1.807, 2.05) is 31.2 Å². The van der Waals surface area contributed by atoms with Crippen molar-refractivity contribution in [1.29, 1.82) is 0 Å². The van der Waals surface area contributed by atoms with Gasteiger partial charge in [0.05, 0.1) is 6.10 Å². The molecular weight excluding hydrogens is 190 g/mol. The second-order valence-corrected chi connectivity index (χ2v) is 3.52. The molecule has 0 aliphatic carbocycles. The molecule has 0 aliphatic rings. The standard InChI is InChI=1S/C12H17NO2/c1-9-6-4-5-7-11(9)12(15-3)8-13-10(2)14/h4-7,12H,8H2,1-3H3,(H,13,14). The number of hydrogen-bond acceptors (Lipinski definition) is 2. The molecule has 0 spiro atoms. The number of ether oxygens (including phenoxy) is 1. The Kier molecular flexibility index (Phi) is 4.31. The molecular formula is C12H17NO2. The highest BCUT2D eigenvalue weighted by Crippen LogP contribution is 2.19. The number of rotatable bonds is 4. The topological polar surface area (TPSA) is 38.3 Å². The largest absolute Gasteiger partial charge is 0.375 e. The van der Waals surface area contributed by atoms with Crippen LogP contribution in [0.25, 0.3) is 0 Å². The van der Waals surface area contributed by atoms with Gasteiger partial charge in [-0.15, -0.1) is 0 Å². The van der Waals surface area contributed by atoms with Crippen molar-refractivity contribution in [1.82, 2.24) is 5.32 Å². The average Bonchev–Trinajstić information content (AvgIpc) is 2.21. The summed E-state index contributed by atoms with van der Waals surface area (Å²) < 4.78 is 5.35. The molecule has 0 heterocycles. The van der Waals surface area contributed by atoms with E-state index in [2.05, 4.69) is 5.32 Å². The van der Waals surface area contributed by atoms with Crippen molar-refractivity contribution < 1.29 is 9.53 Å². The number of hydrogen-bond donors (Lipinski definition) is 1. The van der Waals surface area contributed by atoms with Gasteiger partial charge in [-0.25, -0.2) is 0 Å². The van der Waals surface area contributed by atoms with Crippen LogP contribution in [-0.2, 0) is 9.53 Å². The van der Waals surface area contributed by atoms with E-state index in [1.165, 1.54) is 12.5 Å². The number of methoxy groups -OCH3 is 1. The van der Waals surface area contributed by atoms with Gasteiger partial charge in [-0.1, -0.05) is 24.3 Å². The average molecular weight is 207 g/mol. The SMILES string of the molecule is COC(CNC(C)=O)c1ccccc1C. The Morgan fingerprint density at radius 1 is 1.47 bits per heavy atom. The number of aryl methyl sites for hydroxylation is 1. The summed E-state index contributed by atoms with van der Waals surface area (Å²) in [4.78, 5) is 10.8. The van der Waals surface area contributed by atoms with Crippen molar-refractivity contribution in [3.8, 4) is 0 Å². The molecule has 0 aliphatic heterocycles. The zero-order chi connectivity index (χ0) is 11.3. The van der Waals surface area contributed by atoms with Gasteiger partial charge in [0.15, 0.2) is 0 Å². The Hall–Kier alpha value is -1.35. The zero-order valence-corrected chi connectivity index (χ0v) is 9.41. The van der Waals surface area contributed by atoms with E-state index >= 15 is 0 Å². The molecule has 0 saturated carbocycles. The van der Waals surface area contributed by atoms with Crippen molar-refractivity contribution in [3.63, 3.8) is 0 Å². The molecule has 0 aromatic heterocycles. The summed E-state index contributed by atoms with van der Waals surface area (Å²) in [6.07, 6.45) is -0.0740. The molecule has 0 bridgehead atoms. The van der Waals surface area contributed by atoms with Crippen LogP contribution in [-0.4, -0.2) is 19.6 Å². The number of nitrogens with one attached hydrogen (secondary N) is 1. The molecule has 1 aromatic rings. The quantitative estimate of drug-likeness (QED) is 0.817. The van der Waals surface area contributed by atoms with Crippen molar-refractivity contribution in [2.24, 2.45) is 0 Å². The minimum atomic E-state index is -0.0740. The van der Waals surface area contributed by atoms with E-state index in [9.17, 15) is 4.79 Å². The number of carbonyl (C=O) groups is 1. The molecule has 1 rings (SSSR count). The monoisotopic (exact) mass is 207 g/mol. The predicted octanol–water partition coefficient (Wildman–Crippen LogP) is 1.82. The lowest BCUT2D eigenvalue weighted by atomic mass is 10.0. The maximum Gasteiger partial charge on any atom is 0.216 e. The summed E-state index contributed by atoms with van der Waals surface area (Å²) in [5.41, 5.74) is 2.29. The second-order valence-electron chi connectivity index (χ2n) is 3.52. The van der Waals surface area contributed by atoms with Crippen LogP contribution in [0.2, 0.25) is 0 Å². The van der Waals surface area contributed by atoms with E-state index in [-0.39, 0.29) is 12.0 Å². The smallest absolute Gasteiger partial charge is 0.216 e. The third-order valence-corrected chi connectivity index (χ3v) is 2.36. The number of carbonyl (C=O) groups excluding carboxylic acids is 1. The molecule has 1 aromatic carbocycles. The van der Waals surface area contributed by atoms with Crippen LogP contribution in [0.5, 0.6) is 0 Å². The summed E-state index contributed by atoms with van der Waals surface area (Å²) >= 11 is 0. The van der Waals surface area contributed by atoms with Gasteiger partial charge in [0.1, 0.15) is 0 Å². The van der Waals surface area contributed by atoms with E-state index in [1.54, 1.807) is 7.11 Å². The van der Waals surface area contributed by atoms with Crippen LogP contribution in [0.4, 0.5) is 0 Å². The molecule has 15 heavy (non-hydrogen) atoms. The van der Waals surface area contributed by atoms with Crippen LogP contribution in [0, 0.1) is 6.92 Å². The van der Waals surface area contributed by atoms with Gasteiger partial charge in [-0.3, -0.25) is 4.79 Å². The molecule has 0 radical (unpaired) electrons. The molecule has 82 valence electrons. The Morgan fingerprint density at radius 2 is 2.13 bits per heavy atom. The van der Waals surface area contributed by atoms with Gasteiger partial charge in [0.2, 0.25) is 5.91 Å². The number of amides is 1. The van der Waals surface area contributed by atoms with E-state index in [0.717, 1.165) is 5.56 Å².